The van der Waals surface area contributed by atoms with Crippen LogP contribution >= 0.6 is 11.8 Å². The fraction of sp³-hybridized carbons (Fsp3) is 0.615. The van der Waals surface area contributed by atoms with Gasteiger partial charge in [0.15, 0.2) is 0 Å². The Hall–Kier alpha value is -1.38. The van der Waals surface area contributed by atoms with E-state index in [4.69, 9.17) is 0 Å². The van der Waals surface area contributed by atoms with Crippen LogP contribution in [0.25, 0.3) is 0 Å². The summed E-state index contributed by atoms with van der Waals surface area (Å²) in [5, 5.41) is 28.1. The molecule has 0 aromatic carbocycles. The van der Waals surface area contributed by atoms with Gasteiger partial charge in [-0.15, -0.1) is 6.58 Å². The van der Waals surface area contributed by atoms with Gasteiger partial charge < -0.3 is 10.4 Å². The van der Waals surface area contributed by atoms with Crippen molar-refractivity contribution < 1.29 is 10.0 Å². The van der Waals surface area contributed by atoms with Gasteiger partial charge in [-0.2, -0.15) is 16.9 Å². The Morgan fingerprint density at radius 2 is 2.33 bits per heavy atom. The first kappa shape index (κ1) is 17.7. The van der Waals surface area contributed by atoms with Crippen molar-refractivity contribution in [3.8, 4) is 0 Å². The quantitative estimate of drug-likeness (QED) is 0.292. The molecule has 2 N–H and O–H groups in total. The van der Waals surface area contributed by atoms with E-state index in [-0.39, 0.29) is 12.2 Å². The number of aliphatic hydroxyl groups excluding tert-OH is 1. The van der Waals surface area contributed by atoms with E-state index in [1.807, 2.05) is 6.08 Å². The molecule has 0 aliphatic rings. The third-order valence-electron chi connectivity index (χ3n) is 2.95. The Balaban J connectivity index is 2.41. The number of thioether (sulfide) groups is 1. The molecular formula is C13H22N4O3S. The lowest BCUT2D eigenvalue weighted by molar-refractivity contribution is -0.386. The summed E-state index contributed by atoms with van der Waals surface area (Å²) in [4.78, 5) is 10.5. The van der Waals surface area contributed by atoms with Crippen LogP contribution < -0.4 is 5.32 Å². The number of nitro groups is 1. The third-order valence-corrected chi connectivity index (χ3v) is 3.91. The van der Waals surface area contributed by atoms with E-state index in [0.717, 1.165) is 18.1 Å². The standard InChI is InChI=1S/C13H22N4O3S/c1-4-6-21-7-5-14-8-12(18)9-16-11(3)13(17(19)20)10(2)15-16/h4,12,14,18H,1,5-9H2,2-3H3. The van der Waals surface area contributed by atoms with Crippen LogP contribution in [0.4, 0.5) is 5.69 Å². The number of nitrogens with zero attached hydrogens (tertiary/aromatic N) is 3. The lowest BCUT2D eigenvalue weighted by atomic mass is 10.3. The first-order valence-electron chi connectivity index (χ1n) is 6.73. The van der Waals surface area contributed by atoms with Gasteiger partial charge in [0.25, 0.3) is 0 Å². The smallest absolute Gasteiger partial charge is 0.312 e. The van der Waals surface area contributed by atoms with E-state index in [9.17, 15) is 15.2 Å². The lowest BCUT2D eigenvalue weighted by Gasteiger charge is -2.12. The van der Waals surface area contributed by atoms with Crippen LogP contribution in [0.15, 0.2) is 12.7 Å². The SMILES string of the molecule is C=CCSCCNCC(O)Cn1nc(C)c([N+](=O)[O-])c1C. The van der Waals surface area contributed by atoms with E-state index >= 15 is 0 Å². The van der Waals surface area contributed by atoms with Gasteiger partial charge >= 0.3 is 5.69 Å². The van der Waals surface area contributed by atoms with Crippen LogP contribution in [0.3, 0.4) is 0 Å². The molecule has 1 aromatic rings. The second-order valence-electron chi connectivity index (χ2n) is 4.68. The van der Waals surface area contributed by atoms with Crippen molar-refractivity contribution in [2.75, 3.05) is 24.6 Å². The van der Waals surface area contributed by atoms with Crippen LogP contribution in [-0.4, -0.2) is 50.5 Å². The predicted octanol–water partition coefficient (Wildman–Crippen LogP) is 1.28. The minimum absolute atomic E-state index is 0.0241. The highest BCUT2D eigenvalue weighted by molar-refractivity contribution is 7.99. The Morgan fingerprint density at radius 3 is 2.90 bits per heavy atom. The van der Waals surface area contributed by atoms with Gasteiger partial charge in [0.2, 0.25) is 0 Å². The minimum Gasteiger partial charge on any atom is -0.390 e. The monoisotopic (exact) mass is 314 g/mol. The average molecular weight is 314 g/mol. The average Bonchev–Trinajstić information content (AvgIpc) is 2.68. The first-order chi connectivity index (χ1) is 9.97. The van der Waals surface area contributed by atoms with E-state index in [2.05, 4.69) is 17.0 Å². The number of aromatic nitrogens is 2. The van der Waals surface area contributed by atoms with E-state index in [1.54, 1.807) is 25.6 Å². The molecule has 118 valence electrons. The lowest BCUT2D eigenvalue weighted by Crippen LogP contribution is -2.32. The van der Waals surface area contributed by atoms with Crippen molar-refractivity contribution in [3.05, 3.63) is 34.2 Å². The molecule has 0 bridgehead atoms. The second kappa shape index (κ2) is 8.81. The Morgan fingerprint density at radius 1 is 1.62 bits per heavy atom. The van der Waals surface area contributed by atoms with Crippen LogP contribution in [0.2, 0.25) is 0 Å². The molecule has 0 saturated heterocycles. The summed E-state index contributed by atoms with van der Waals surface area (Å²) in [6.45, 7) is 8.36. The fourth-order valence-electron chi connectivity index (χ4n) is 1.97. The number of aliphatic hydroxyl groups is 1. The number of aryl methyl sites for hydroxylation is 1. The van der Waals surface area contributed by atoms with Crippen LogP contribution in [0, 0.1) is 24.0 Å². The molecule has 1 unspecified atom stereocenters. The zero-order valence-corrected chi connectivity index (χ0v) is 13.2. The summed E-state index contributed by atoms with van der Waals surface area (Å²) in [6, 6.07) is 0. The van der Waals surface area contributed by atoms with E-state index in [1.165, 1.54) is 4.68 Å². The molecule has 0 radical (unpaired) electrons. The first-order valence-corrected chi connectivity index (χ1v) is 7.88. The highest BCUT2D eigenvalue weighted by Gasteiger charge is 2.22. The summed E-state index contributed by atoms with van der Waals surface area (Å²) >= 11 is 1.77. The molecule has 1 heterocycles. The van der Waals surface area contributed by atoms with Gasteiger partial charge in [0, 0.05) is 24.6 Å². The van der Waals surface area contributed by atoms with Crippen LogP contribution in [0.1, 0.15) is 11.4 Å². The topological polar surface area (TPSA) is 93.2 Å². The molecule has 21 heavy (non-hydrogen) atoms. The highest BCUT2D eigenvalue weighted by atomic mass is 32.2. The zero-order chi connectivity index (χ0) is 15.8. The van der Waals surface area contributed by atoms with Gasteiger partial charge in [-0.1, -0.05) is 6.08 Å². The van der Waals surface area contributed by atoms with Gasteiger partial charge in [0.1, 0.15) is 11.4 Å². The van der Waals surface area contributed by atoms with Gasteiger partial charge in [0.05, 0.1) is 17.6 Å². The van der Waals surface area contributed by atoms with Gasteiger partial charge in [-0.3, -0.25) is 14.8 Å². The molecule has 8 heteroatoms. The predicted molar refractivity (Wildman–Crippen MR) is 84.8 cm³/mol. The summed E-state index contributed by atoms with van der Waals surface area (Å²) in [7, 11) is 0. The maximum atomic E-state index is 10.9. The highest BCUT2D eigenvalue weighted by Crippen LogP contribution is 2.21. The van der Waals surface area contributed by atoms with Crippen molar-refractivity contribution >= 4 is 17.4 Å². The Bertz CT molecular complexity index is 490. The van der Waals surface area contributed by atoms with Gasteiger partial charge in [-0.25, -0.2) is 0 Å². The summed E-state index contributed by atoms with van der Waals surface area (Å²) in [5.74, 6) is 1.86. The van der Waals surface area contributed by atoms with Gasteiger partial charge in [-0.05, 0) is 13.8 Å². The zero-order valence-electron chi connectivity index (χ0n) is 12.4. The molecule has 1 aromatic heterocycles. The molecular weight excluding hydrogens is 292 g/mol. The number of nitrogens with one attached hydrogen (secondary N) is 1. The molecule has 1 rings (SSSR count). The number of hydrogen-bond donors (Lipinski definition) is 2. The van der Waals surface area contributed by atoms with E-state index < -0.39 is 11.0 Å². The molecule has 1 atom stereocenters. The van der Waals surface area contributed by atoms with Crippen molar-refractivity contribution in [3.63, 3.8) is 0 Å². The Kier molecular flexibility index (Phi) is 7.41. The second-order valence-corrected chi connectivity index (χ2v) is 5.83. The molecule has 0 spiro atoms. The summed E-state index contributed by atoms with van der Waals surface area (Å²) < 4.78 is 1.49. The van der Waals surface area contributed by atoms with Crippen LogP contribution in [0.5, 0.6) is 0 Å². The maximum absolute atomic E-state index is 10.9. The molecule has 7 nitrogen and oxygen atoms in total. The fourth-order valence-corrected chi connectivity index (χ4v) is 2.60. The molecule has 0 aliphatic carbocycles. The third kappa shape index (κ3) is 5.49. The van der Waals surface area contributed by atoms with Crippen molar-refractivity contribution in [2.24, 2.45) is 0 Å². The maximum Gasteiger partial charge on any atom is 0.312 e. The van der Waals surface area contributed by atoms with E-state index in [0.29, 0.717) is 17.9 Å². The minimum atomic E-state index is -0.632. The van der Waals surface area contributed by atoms with Crippen molar-refractivity contribution in [1.29, 1.82) is 0 Å². The van der Waals surface area contributed by atoms with Crippen molar-refractivity contribution in [1.82, 2.24) is 15.1 Å². The molecule has 0 amide bonds. The Labute approximate surface area is 128 Å². The number of hydrogen-bond acceptors (Lipinski definition) is 6. The molecule has 0 aliphatic heterocycles. The van der Waals surface area contributed by atoms with Crippen LogP contribution in [-0.2, 0) is 6.54 Å². The normalized spacial score (nSPS) is 12.3. The van der Waals surface area contributed by atoms with Crippen molar-refractivity contribution in [2.45, 2.75) is 26.5 Å². The molecule has 0 fully saturated rings. The molecule has 0 saturated carbocycles. The number of rotatable bonds is 10. The largest absolute Gasteiger partial charge is 0.390 e. The summed E-state index contributed by atoms with van der Waals surface area (Å²) in [6.07, 6.45) is 1.22. The summed E-state index contributed by atoms with van der Waals surface area (Å²) in [5.41, 5.74) is 0.868.